The summed E-state index contributed by atoms with van der Waals surface area (Å²) >= 11 is 0. The molecule has 4 heteroatoms. The molecule has 0 bridgehead atoms. The smallest absolute Gasteiger partial charge is 0.128 e. The summed E-state index contributed by atoms with van der Waals surface area (Å²) in [7, 11) is 3.23. The van der Waals surface area contributed by atoms with Gasteiger partial charge in [0.1, 0.15) is 11.5 Å². The third-order valence-electron chi connectivity index (χ3n) is 3.49. The zero-order valence-electron chi connectivity index (χ0n) is 11.0. The van der Waals surface area contributed by atoms with Gasteiger partial charge in [-0.1, -0.05) is 6.42 Å². The van der Waals surface area contributed by atoms with Crippen LogP contribution in [0.25, 0.3) is 0 Å². The van der Waals surface area contributed by atoms with Gasteiger partial charge in [0.25, 0.3) is 0 Å². The molecule has 1 aromatic carbocycles. The van der Waals surface area contributed by atoms with Crippen LogP contribution in [0.1, 0.15) is 30.9 Å². The Bertz CT molecular complexity index is 389. The van der Waals surface area contributed by atoms with Crippen LogP contribution in [0.5, 0.6) is 11.5 Å². The van der Waals surface area contributed by atoms with Crippen LogP contribution in [0.15, 0.2) is 18.2 Å². The number of nitrogens with one attached hydrogen (secondary N) is 1. The summed E-state index contributed by atoms with van der Waals surface area (Å²) in [5.41, 5.74) is 0.817. The number of hydrogen-bond donors (Lipinski definition) is 2. The number of ether oxygens (including phenoxy) is 2. The molecule has 2 rings (SSSR count). The summed E-state index contributed by atoms with van der Waals surface area (Å²) < 4.78 is 10.5. The minimum Gasteiger partial charge on any atom is -0.497 e. The molecule has 1 heterocycles. The Kier molecular flexibility index (Phi) is 4.44. The van der Waals surface area contributed by atoms with Gasteiger partial charge >= 0.3 is 0 Å². The normalized spacial score (nSPS) is 21.4. The highest BCUT2D eigenvalue weighted by Gasteiger charge is 2.25. The van der Waals surface area contributed by atoms with E-state index in [-0.39, 0.29) is 6.04 Å². The van der Waals surface area contributed by atoms with E-state index in [9.17, 15) is 5.11 Å². The first-order valence-corrected chi connectivity index (χ1v) is 6.39. The van der Waals surface area contributed by atoms with E-state index >= 15 is 0 Å². The Morgan fingerprint density at radius 3 is 2.72 bits per heavy atom. The van der Waals surface area contributed by atoms with Crippen molar-refractivity contribution in [3.8, 4) is 11.5 Å². The lowest BCUT2D eigenvalue weighted by molar-refractivity contribution is 0.111. The third-order valence-corrected chi connectivity index (χ3v) is 3.49. The quantitative estimate of drug-likeness (QED) is 0.858. The maximum atomic E-state index is 10.4. The van der Waals surface area contributed by atoms with E-state index in [1.165, 1.54) is 6.42 Å². The van der Waals surface area contributed by atoms with E-state index in [2.05, 4.69) is 5.32 Å². The lowest BCUT2D eigenvalue weighted by atomic mass is 9.94. The molecule has 18 heavy (non-hydrogen) atoms. The number of hydrogen-bond acceptors (Lipinski definition) is 4. The van der Waals surface area contributed by atoms with Gasteiger partial charge in [0, 0.05) is 17.7 Å². The van der Waals surface area contributed by atoms with Crippen molar-refractivity contribution in [1.29, 1.82) is 0 Å². The second-order valence-electron chi connectivity index (χ2n) is 4.61. The highest BCUT2D eigenvalue weighted by atomic mass is 16.5. The van der Waals surface area contributed by atoms with Gasteiger partial charge in [-0.25, -0.2) is 0 Å². The molecule has 0 aromatic heterocycles. The molecule has 1 aliphatic rings. The molecule has 0 amide bonds. The Hall–Kier alpha value is -1.26. The zero-order chi connectivity index (χ0) is 13.0. The minimum absolute atomic E-state index is 0.112. The summed E-state index contributed by atoms with van der Waals surface area (Å²) in [5, 5.41) is 13.8. The second kappa shape index (κ2) is 6.07. The molecule has 0 saturated carbocycles. The first kappa shape index (κ1) is 13.2. The molecule has 2 atom stereocenters. The summed E-state index contributed by atoms with van der Waals surface area (Å²) in [6, 6.07) is 5.64. The van der Waals surface area contributed by atoms with Gasteiger partial charge in [-0.2, -0.15) is 0 Å². The maximum absolute atomic E-state index is 10.4. The average molecular weight is 251 g/mol. The third kappa shape index (κ3) is 2.76. The van der Waals surface area contributed by atoms with Crippen molar-refractivity contribution in [2.75, 3.05) is 20.8 Å². The van der Waals surface area contributed by atoms with Crippen molar-refractivity contribution in [3.63, 3.8) is 0 Å². The van der Waals surface area contributed by atoms with Crippen molar-refractivity contribution in [2.24, 2.45) is 0 Å². The van der Waals surface area contributed by atoms with Crippen molar-refractivity contribution < 1.29 is 14.6 Å². The molecule has 1 aromatic rings. The van der Waals surface area contributed by atoms with Crippen molar-refractivity contribution >= 4 is 0 Å². The van der Waals surface area contributed by atoms with Crippen molar-refractivity contribution in [2.45, 2.75) is 31.4 Å². The summed E-state index contributed by atoms with van der Waals surface area (Å²) in [6.07, 6.45) is 2.80. The molecule has 4 nitrogen and oxygen atoms in total. The van der Waals surface area contributed by atoms with E-state index in [1.54, 1.807) is 20.3 Å². The average Bonchev–Trinajstić information content (AvgIpc) is 2.46. The molecule has 2 unspecified atom stereocenters. The van der Waals surface area contributed by atoms with Crippen LogP contribution in [-0.2, 0) is 0 Å². The molecule has 100 valence electrons. The van der Waals surface area contributed by atoms with Gasteiger partial charge in [-0.3, -0.25) is 0 Å². The van der Waals surface area contributed by atoms with Crippen LogP contribution < -0.4 is 14.8 Å². The van der Waals surface area contributed by atoms with Crippen LogP contribution in [0, 0.1) is 0 Å². The number of methoxy groups -OCH3 is 2. The molecule has 0 radical (unpaired) electrons. The lowest BCUT2D eigenvalue weighted by Crippen LogP contribution is -2.38. The van der Waals surface area contributed by atoms with E-state index in [4.69, 9.17) is 9.47 Å². The number of benzene rings is 1. The Morgan fingerprint density at radius 1 is 1.28 bits per heavy atom. The fourth-order valence-electron chi connectivity index (χ4n) is 2.43. The molecule has 1 aliphatic heterocycles. The molecule has 1 saturated heterocycles. The van der Waals surface area contributed by atoms with Crippen LogP contribution >= 0.6 is 0 Å². The van der Waals surface area contributed by atoms with Crippen LogP contribution in [-0.4, -0.2) is 31.9 Å². The van der Waals surface area contributed by atoms with E-state index in [0.717, 1.165) is 30.7 Å². The number of aliphatic hydroxyl groups is 1. The fraction of sp³-hybridized carbons (Fsp3) is 0.571. The number of piperidine rings is 1. The molecule has 1 fully saturated rings. The number of aliphatic hydroxyl groups excluding tert-OH is 1. The van der Waals surface area contributed by atoms with Gasteiger partial charge in [-0.15, -0.1) is 0 Å². The Balaban J connectivity index is 2.20. The molecular weight excluding hydrogens is 230 g/mol. The highest BCUT2D eigenvalue weighted by Crippen LogP contribution is 2.32. The van der Waals surface area contributed by atoms with Gasteiger partial charge < -0.3 is 19.9 Å². The van der Waals surface area contributed by atoms with Crippen molar-refractivity contribution in [3.05, 3.63) is 23.8 Å². The zero-order valence-corrected chi connectivity index (χ0v) is 11.0. The molecule has 0 aliphatic carbocycles. The highest BCUT2D eigenvalue weighted by molar-refractivity contribution is 5.42. The standard InChI is InChI=1S/C14H21NO3/c1-17-10-6-7-11(13(9-10)18-2)14(16)12-5-3-4-8-15-12/h6-7,9,12,14-16H,3-5,8H2,1-2H3. The second-order valence-corrected chi connectivity index (χ2v) is 4.61. The van der Waals surface area contributed by atoms with E-state index in [0.29, 0.717) is 5.75 Å². The topological polar surface area (TPSA) is 50.7 Å². The lowest BCUT2D eigenvalue weighted by Gasteiger charge is -2.29. The summed E-state index contributed by atoms with van der Waals surface area (Å²) in [6.45, 7) is 0.972. The monoisotopic (exact) mass is 251 g/mol. The Morgan fingerprint density at radius 2 is 2.11 bits per heavy atom. The summed E-state index contributed by atoms with van der Waals surface area (Å²) in [4.78, 5) is 0. The van der Waals surface area contributed by atoms with Crippen LogP contribution in [0.4, 0.5) is 0 Å². The number of rotatable bonds is 4. The van der Waals surface area contributed by atoms with Gasteiger partial charge in [0.05, 0.1) is 20.3 Å². The van der Waals surface area contributed by atoms with E-state index < -0.39 is 6.10 Å². The fourth-order valence-corrected chi connectivity index (χ4v) is 2.43. The van der Waals surface area contributed by atoms with Gasteiger partial charge in [0.15, 0.2) is 0 Å². The predicted molar refractivity (Wildman–Crippen MR) is 70.1 cm³/mol. The largest absolute Gasteiger partial charge is 0.497 e. The maximum Gasteiger partial charge on any atom is 0.128 e. The molecule has 2 N–H and O–H groups in total. The SMILES string of the molecule is COc1ccc(C(O)C2CCCCN2)c(OC)c1. The Labute approximate surface area is 108 Å². The van der Waals surface area contributed by atoms with Gasteiger partial charge in [-0.05, 0) is 31.5 Å². The first-order valence-electron chi connectivity index (χ1n) is 6.39. The van der Waals surface area contributed by atoms with Crippen LogP contribution in [0.3, 0.4) is 0 Å². The molecule has 0 spiro atoms. The summed E-state index contributed by atoms with van der Waals surface area (Å²) in [5.74, 6) is 1.41. The predicted octanol–water partition coefficient (Wildman–Crippen LogP) is 1.88. The van der Waals surface area contributed by atoms with Crippen LogP contribution in [0.2, 0.25) is 0 Å². The first-order chi connectivity index (χ1) is 8.76. The minimum atomic E-state index is -0.536. The van der Waals surface area contributed by atoms with Gasteiger partial charge in [0.2, 0.25) is 0 Å². The molecular formula is C14H21NO3. The van der Waals surface area contributed by atoms with Crippen molar-refractivity contribution in [1.82, 2.24) is 5.32 Å². The van der Waals surface area contributed by atoms with E-state index in [1.807, 2.05) is 12.1 Å².